The van der Waals surface area contributed by atoms with E-state index in [0.29, 0.717) is 28.8 Å². The van der Waals surface area contributed by atoms with Gasteiger partial charge in [0.2, 0.25) is 6.79 Å². The van der Waals surface area contributed by atoms with Crippen molar-refractivity contribution in [2.24, 2.45) is 0 Å². The number of benzene rings is 3. The van der Waals surface area contributed by atoms with Gasteiger partial charge in [-0.3, -0.25) is 9.36 Å². The van der Waals surface area contributed by atoms with E-state index in [9.17, 15) is 9.18 Å². The van der Waals surface area contributed by atoms with Crippen LogP contribution in [0.15, 0.2) is 78.0 Å². The molecule has 8 heteroatoms. The zero-order valence-corrected chi connectivity index (χ0v) is 17.7. The molecule has 6 nitrogen and oxygen atoms in total. The van der Waals surface area contributed by atoms with Gasteiger partial charge >= 0.3 is 0 Å². The predicted molar refractivity (Wildman–Crippen MR) is 119 cm³/mol. The highest BCUT2D eigenvalue weighted by molar-refractivity contribution is 7.99. The number of Topliss-reactive ketones (excluding diaryl/α,β-unsaturated/α-hetero) is 1. The third-order valence-electron chi connectivity index (χ3n) is 5.03. The number of carbonyl (C=O) groups is 1. The largest absolute Gasteiger partial charge is 0.454 e. The Morgan fingerprint density at radius 1 is 0.969 bits per heavy atom. The minimum Gasteiger partial charge on any atom is -0.454 e. The molecule has 4 aromatic rings. The Morgan fingerprint density at radius 3 is 2.56 bits per heavy atom. The van der Waals surface area contributed by atoms with Crippen LogP contribution in [-0.4, -0.2) is 33.1 Å². The molecule has 5 rings (SSSR count). The maximum atomic E-state index is 13.2. The Hall–Kier alpha value is -3.65. The monoisotopic (exact) mass is 447 g/mol. The molecule has 0 N–H and O–H groups in total. The van der Waals surface area contributed by atoms with Gasteiger partial charge in [0.15, 0.2) is 28.3 Å². The summed E-state index contributed by atoms with van der Waals surface area (Å²) in [5.41, 5.74) is 2.39. The van der Waals surface area contributed by atoms with Gasteiger partial charge in [-0.15, -0.1) is 10.2 Å². The summed E-state index contributed by atoms with van der Waals surface area (Å²) in [5.74, 6) is 1.83. The summed E-state index contributed by atoms with van der Waals surface area (Å²) in [7, 11) is 0. The van der Waals surface area contributed by atoms with Crippen LogP contribution in [-0.2, 0) is 6.54 Å². The maximum Gasteiger partial charge on any atom is 0.231 e. The van der Waals surface area contributed by atoms with Crippen LogP contribution in [0.2, 0.25) is 0 Å². The molecule has 0 radical (unpaired) electrons. The summed E-state index contributed by atoms with van der Waals surface area (Å²) in [6.45, 7) is 0.716. The van der Waals surface area contributed by atoms with E-state index in [1.807, 2.05) is 53.1 Å². The van der Waals surface area contributed by atoms with Gasteiger partial charge in [-0.05, 0) is 42.0 Å². The molecule has 2 heterocycles. The Morgan fingerprint density at radius 2 is 1.75 bits per heavy atom. The lowest BCUT2D eigenvalue weighted by Crippen LogP contribution is -2.07. The Labute approximate surface area is 188 Å². The van der Waals surface area contributed by atoms with Crippen molar-refractivity contribution in [3.8, 4) is 22.9 Å². The lowest BCUT2D eigenvalue weighted by molar-refractivity contribution is 0.102. The highest BCUT2D eigenvalue weighted by Crippen LogP contribution is 2.33. The average molecular weight is 447 g/mol. The number of ketones is 1. The van der Waals surface area contributed by atoms with E-state index in [2.05, 4.69) is 10.2 Å². The van der Waals surface area contributed by atoms with Crippen LogP contribution in [0.25, 0.3) is 11.4 Å². The molecule has 0 atom stereocenters. The second-order valence-corrected chi connectivity index (χ2v) is 8.11. The van der Waals surface area contributed by atoms with Gasteiger partial charge in [0.05, 0.1) is 12.3 Å². The molecular formula is C24H18FN3O3S. The molecule has 3 aromatic carbocycles. The number of ether oxygens (including phenoxy) is 2. The number of carbonyl (C=O) groups excluding carboxylic acids is 1. The van der Waals surface area contributed by atoms with Gasteiger partial charge < -0.3 is 9.47 Å². The van der Waals surface area contributed by atoms with Gasteiger partial charge in [-0.2, -0.15) is 0 Å². The van der Waals surface area contributed by atoms with Crippen LogP contribution in [0, 0.1) is 5.82 Å². The van der Waals surface area contributed by atoms with Crippen LogP contribution in [0.3, 0.4) is 0 Å². The van der Waals surface area contributed by atoms with Gasteiger partial charge in [-0.1, -0.05) is 48.2 Å². The minimum atomic E-state index is -0.370. The quantitative estimate of drug-likeness (QED) is 0.298. The summed E-state index contributed by atoms with van der Waals surface area (Å²) in [5, 5.41) is 9.36. The molecule has 0 saturated carbocycles. The number of rotatable bonds is 7. The Balaban J connectivity index is 1.42. The number of hydrogen-bond donors (Lipinski definition) is 0. The molecule has 0 bridgehead atoms. The zero-order valence-electron chi connectivity index (χ0n) is 16.9. The third kappa shape index (κ3) is 4.22. The molecule has 1 aliphatic rings. The predicted octanol–water partition coefficient (Wildman–Crippen LogP) is 4.84. The number of aromatic nitrogens is 3. The fourth-order valence-corrected chi connectivity index (χ4v) is 4.24. The molecule has 0 amide bonds. The second kappa shape index (κ2) is 8.84. The molecule has 1 aromatic heterocycles. The van der Waals surface area contributed by atoms with Crippen molar-refractivity contribution in [3.63, 3.8) is 0 Å². The number of fused-ring (bicyclic) bond motifs is 1. The van der Waals surface area contributed by atoms with Crippen molar-refractivity contribution in [1.82, 2.24) is 14.8 Å². The van der Waals surface area contributed by atoms with Crippen LogP contribution in [0.1, 0.15) is 15.9 Å². The van der Waals surface area contributed by atoms with E-state index >= 15 is 0 Å². The topological polar surface area (TPSA) is 66.2 Å². The second-order valence-electron chi connectivity index (χ2n) is 7.16. The van der Waals surface area contributed by atoms with E-state index in [-0.39, 0.29) is 24.1 Å². The first-order chi connectivity index (χ1) is 15.7. The molecule has 0 spiro atoms. The van der Waals surface area contributed by atoms with Gasteiger partial charge in [0, 0.05) is 11.1 Å². The van der Waals surface area contributed by atoms with E-state index in [0.717, 1.165) is 16.9 Å². The molecule has 160 valence electrons. The Bertz CT molecular complexity index is 1260. The van der Waals surface area contributed by atoms with Crippen molar-refractivity contribution < 1.29 is 18.7 Å². The van der Waals surface area contributed by atoms with Crippen molar-refractivity contribution in [3.05, 3.63) is 89.7 Å². The summed E-state index contributed by atoms with van der Waals surface area (Å²) in [6.07, 6.45) is 0. The maximum absolute atomic E-state index is 13.2. The number of nitrogens with zero attached hydrogens (tertiary/aromatic N) is 3. The van der Waals surface area contributed by atoms with E-state index in [4.69, 9.17) is 9.47 Å². The van der Waals surface area contributed by atoms with Gasteiger partial charge in [0.25, 0.3) is 0 Å². The number of halogens is 1. The summed E-state index contributed by atoms with van der Waals surface area (Å²) in [4.78, 5) is 12.6. The molecule has 0 fully saturated rings. The standard InChI is InChI=1S/C24H18FN3O3S/c25-19-9-7-17(8-10-19)20(29)14-32-24-27-26-23(18-4-2-1-3-5-18)28(24)13-16-6-11-21-22(12-16)31-15-30-21/h1-12H,13-15H2. The Kier molecular flexibility index (Phi) is 5.60. The number of hydrogen-bond acceptors (Lipinski definition) is 6. The van der Waals surface area contributed by atoms with Crippen molar-refractivity contribution in [1.29, 1.82) is 0 Å². The number of thioether (sulfide) groups is 1. The molecule has 1 aliphatic heterocycles. The van der Waals surface area contributed by atoms with Crippen LogP contribution >= 0.6 is 11.8 Å². The average Bonchev–Trinajstić information content (AvgIpc) is 3.45. The molecule has 32 heavy (non-hydrogen) atoms. The van der Waals surface area contributed by atoms with Crippen molar-refractivity contribution in [2.75, 3.05) is 12.5 Å². The van der Waals surface area contributed by atoms with Crippen LogP contribution in [0.5, 0.6) is 11.5 Å². The SMILES string of the molecule is O=C(CSc1nnc(-c2ccccc2)n1Cc1ccc2c(c1)OCO2)c1ccc(F)cc1. The zero-order chi connectivity index (χ0) is 21.9. The smallest absolute Gasteiger partial charge is 0.231 e. The molecule has 0 unspecified atom stereocenters. The van der Waals surface area contributed by atoms with Crippen molar-refractivity contribution in [2.45, 2.75) is 11.7 Å². The highest BCUT2D eigenvalue weighted by Gasteiger charge is 2.19. The fourth-order valence-electron chi connectivity index (χ4n) is 3.41. The lowest BCUT2D eigenvalue weighted by Gasteiger charge is -2.11. The fraction of sp³-hybridized carbons (Fsp3) is 0.125. The first kappa shape index (κ1) is 20.3. The normalized spacial score (nSPS) is 12.2. The first-order valence-corrected chi connectivity index (χ1v) is 10.9. The third-order valence-corrected chi connectivity index (χ3v) is 5.99. The van der Waals surface area contributed by atoms with Gasteiger partial charge in [-0.25, -0.2) is 4.39 Å². The van der Waals surface area contributed by atoms with Crippen molar-refractivity contribution >= 4 is 17.5 Å². The first-order valence-electron chi connectivity index (χ1n) is 9.96. The van der Waals surface area contributed by atoms with E-state index in [1.54, 1.807) is 0 Å². The minimum absolute atomic E-state index is 0.103. The molecule has 0 saturated heterocycles. The summed E-state index contributed by atoms with van der Waals surface area (Å²) < 4.78 is 26.0. The lowest BCUT2D eigenvalue weighted by atomic mass is 10.1. The van der Waals surface area contributed by atoms with E-state index < -0.39 is 0 Å². The van der Waals surface area contributed by atoms with Crippen LogP contribution in [0.4, 0.5) is 4.39 Å². The van der Waals surface area contributed by atoms with Crippen LogP contribution < -0.4 is 9.47 Å². The summed E-state index contributed by atoms with van der Waals surface area (Å²) >= 11 is 1.30. The summed E-state index contributed by atoms with van der Waals surface area (Å²) in [6, 6.07) is 21.1. The highest BCUT2D eigenvalue weighted by atomic mass is 32.2. The van der Waals surface area contributed by atoms with E-state index in [1.165, 1.54) is 36.0 Å². The molecular weight excluding hydrogens is 429 g/mol. The molecule has 0 aliphatic carbocycles. The van der Waals surface area contributed by atoms with Gasteiger partial charge in [0.1, 0.15) is 5.82 Å².